The maximum absolute atomic E-state index is 11.7. The number of nitrogens with two attached hydrogens (primary N) is 1. The second-order valence-electron chi connectivity index (χ2n) is 20.2. The van der Waals surface area contributed by atoms with E-state index in [1.807, 2.05) is 0 Å². The van der Waals surface area contributed by atoms with Crippen molar-refractivity contribution in [3.63, 3.8) is 0 Å². The maximum atomic E-state index is 11.7. The first kappa shape index (κ1) is 34.6. The Morgan fingerprint density at radius 3 is 2.49 bits per heavy atom. The molecule has 0 aromatic carbocycles. The Morgan fingerprint density at radius 2 is 1.82 bits per heavy atom. The van der Waals surface area contributed by atoms with E-state index in [0.29, 0.717) is 46.5 Å². The highest BCUT2D eigenvalue weighted by Crippen LogP contribution is 2.76. The number of aliphatic carboxylic acids is 1. The van der Waals surface area contributed by atoms with E-state index >= 15 is 0 Å². The molecule has 8 rings (SSSR count). The number of hydrogen-bond donors (Lipinski definition) is 3. The molecule has 0 aromatic rings. The summed E-state index contributed by atoms with van der Waals surface area (Å²) in [4.78, 5) is 11.7. The van der Waals surface area contributed by atoms with Gasteiger partial charge >= 0.3 is 5.97 Å². The predicted octanol–water partition coefficient (Wildman–Crippen LogP) is 7.93. The van der Waals surface area contributed by atoms with Crippen molar-refractivity contribution in [1.29, 1.82) is 0 Å². The number of hydrogen-bond acceptors (Lipinski definition) is 3. The first-order chi connectivity index (χ1) is 23.3. The minimum Gasteiger partial charge on any atom is -0.481 e. The molecule has 4 N–H and O–H groups in total. The van der Waals surface area contributed by atoms with E-state index in [0.717, 1.165) is 62.8 Å². The molecule has 7 aliphatic carbocycles. The van der Waals surface area contributed by atoms with E-state index in [1.54, 1.807) is 5.57 Å². The number of carboxylic acids is 1. The van der Waals surface area contributed by atoms with E-state index in [1.165, 1.54) is 75.4 Å². The third-order valence-corrected chi connectivity index (χ3v) is 18.0. The molecule has 5 saturated carbocycles. The fourth-order valence-corrected chi connectivity index (χ4v) is 15.1. The Hall–Kier alpha value is -1.43. The van der Waals surface area contributed by atoms with Crippen LogP contribution in [0.15, 0.2) is 35.5 Å². The molecule has 2 unspecified atom stereocenters. The number of rotatable bonds is 9. The molecular weight excluding hydrogens is 604 g/mol. The van der Waals surface area contributed by atoms with Gasteiger partial charge in [0.05, 0.1) is 19.1 Å². The second kappa shape index (κ2) is 12.1. The lowest BCUT2D eigenvalue weighted by atomic mass is 9.33. The van der Waals surface area contributed by atoms with E-state index in [2.05, 4.69) is 70.9 Å². The lowest BCUT2D eigenvalue weighted by molar-refractivity contribution is -0.659. The quantitative estimate of drug-likeness (QED) is 0.172. The van der Waals surface area contributed by atoms with E-state index in [9.17, 15) is 9.90 Å². The third kappa shape index (κ3) is 5.19. The van der Waals surface area contributed by atoms with Crippen LogP contribution in [0, 0.1) is 69.0 Å². The van der Waals surface area contributed by atoms with Crippen molar-refractivity contribution in [2.75, 3.05) is 26.2 Å². The summed E-state index contributed by atoms with van der Waals surface area (Å²) in [6.45, 7) is 24.7. The highest BCUT2D eigenvalue weighted by atomic mass is 16.5. The van der Waals surface area contributed by atoms with Gasteiger partial charge in [0.2, 0.25) is 0 Å². The van der Waals surface area contributed by atoms with Crippen LogP contribution in [-0.2, 0) is 9.53 Å². The molecule has 13 atom stereocenters. The molecule has 0 amide bonds. The summed E-state index contributed by atoms with van der Waals surface area (Å²) < 4.78 is 6.05. The van der Waals surface area contributed by atoms with Crippen molar-refractivity contribution in [2.45, 2.75) is 137 Å². The molecule has 0 spiro atoms. The van der Waals surface area contributed by atoms with Crippen molar-refractivity contribution in [1.82, 2.24) is 5.32 Å². The lowest BCUT2D eigenvalue weighted by Crippen LogP contribution is -2.88. The smallest absolute Gasteiger partial charge is 0.306 e. The summed E-state index contributed by atoms with van der Waals surface area (Å²) in [6.07, 6.45) is 21.2. The Bertz CT molecular complexity index is 1410. The van der Waals surface area contributed by atoms with Gasteiger partial charge < -0.3 is 20.5 Å². The van der Waals surface area contributed by atoms with Crippen molar-refractivity contribution in [2.24, 2.45) is 69.0 Å². The van der Waals surface area contributed by atoms with Gasteiger partial charge in [0.1, 0.15) is 12.6 Å². The number of carbonyl (C=O) groups is 1. The molecule has 5 heteroatoms. The molecule has 272 valence electrons. The molecular formula is C44H69N2O3+. The highest BCUT2D eigenvalue weighted by molar-refractivity contribution is 5.70. The number of nitrogens with one attached hydrogen (secondary N) is 1. The molecule has 49 heavy (non-hydrogen) atoms. The van der Waals surface area contributed by atoms with Gasteiger partial charge in [-0.15, -0.1) is 0 Å². The van der Waals surface area contributed by atoms with Gasteiger partial charge in [-0.05, 0) is 165 Å². The summed E-state index contributed by atoms with van der Waals surface area (Å²) in [5.74, 6) is 4.45. The Kier molecular flexibility index (Phi) is 8.52. The van der Waals surface area contributed by atoms with Crippen LogP contribution < -0.4 is 10.6 Å². The van der Waals surface area contributed by atoms with Crippen LogP contribution in [0.2, 0.25) is 0 Å². The molecule has 0 radical (unpaired) electrons. The largest absolute Gasteiger partial charge is 0.481 e. The van der Waals surface area contributed by atoms with E-state index < -0.39 is 5.97 Å². The van der Waals surface area contributed by atoms with Crippen molar-refractivity contribution < 1.29 is 20.0 Å². The minimum atomic E-state index is -0.627. The molecule has 1 saturated heterocycles. The fourth-order valence-electron chi connectivity index (χ4n) is 15.1. The first-order valence-electron chi connectivity index (χ1n) is 20.7. The van der Waals surface area contributed by atoms with Gasteiger partial charge in [-0.1, -0.05) is 58.9 Å². The topological polar surface area (TPSA) is 75.2 Å². The van der Waals surface area contributed by atoms with E-state index in [4.69, 9.17) is 4.74 Å². The molecule has 1 heterocycles. The van der Waals surface area contributed by atoms with Crippen molar-refractivity contribution in [3.05, 3.63) is 35.5 Å². The second-order valence-corrected chi connectivity index (χ2v) is 20.2. The number of allylic oxidation sites excluding steroid dienone is 5. The third-order valence-electron chi connectivity index (χ3n) is 18.0. The zero-order valence-corrected chi connectivity index (χ0v) is 31.9. The Morgan fingerprint density at radius 1 is 1.00 bits per heavy atom. The molecule has 6 fully saturated rings. The van der Waals surface area contributed by atoms with Gasteiger partial charge in [-0.2, -0.15) is 0 Å². The highest BCUT2D eigenvalue weighted by Gasteiger charge is 2.70. The summed E-state index contributed by atoms with van der Waals surface area (Å²) >= 11 is 0. The van der Waals surface area contributed by atoms with Gasteiger partial charge in [-0.25, -0.2) is 0 Å². The Labute approximate surface area is 297 Å². The van der Waals surface area contributed by atoms with Crippen LogP contribution in [0.4, 0.5) is 0 Å². The average Bonchev–Trinajstić information content (AvgIpc) is 3.56. The van der Waals surface area contributed by atoms with Gasteiger partial charge in [0, 0.05) is 12.1 Å². The van der Waals surface area contributed by atoms with Crippen molar-refractivity contribution in [3.8, 4) is 0 Å². The molecule has 1 aliphatic heterocycles. The monoisotopic (exact) mass is 674 g/mol. The standard InChI is InChI=1S/C44H68N2O3/c1-27(2)31-14-19-44(46-23-22-45-25-35-32-24-30(32)26-49-35)21-20-42(6)34(38(31)44)12-13-37-41(5)17-15-33(28-8-10-29(11-9-28)39(47)48)40(3,4)36(41)16-18-43(37,42)7/h8,15,29-32,34-38,45-46H,1,9-14,16-26H2,2-7H3,(H,47,48)/p+1/t29-,30?,31+,32?,34-,35-,36+,37-,38-,41+,42-,43-,44+/m1/s1. The number of quaternary nitrogens is 1. The van der Waals surface area contributed by atoms with Gasteiger partial charge in [0.25, 0.3) is 0 Å². The van der Waals surface area contributed by atoms with Crippen LogP contribution in [-0.4, -0.2) is 49.0 Å². The molecule has 5 nitrogen and oxygen atoms in total. The van der Waals surface area contributed by atoms with Crippen LogP contribution >= 0.6 is 0 Å². The lowest BCUT2D eigenvalue weighted by Gasteiger charge is -2.72. The summed E-state index contributed by atoms with van der Waals surface area (Å²) in [5, 5.41) is 16.5. The first-order valence-corrected chi connectivity index (χ1v) is 20.7. The van der Waals surface area contributed by atoms with Crippen molar-refractivity contribution >= 4 is 5.97 Å². The van der Waals surface area contributed by atoms with E-state index in [-0.39, 0.29) is 16.9 Å². The van der Waals surface area contributed by atoms with Gasteiger partial charge in [-0.3, -0.25) is 4.79 Å². The zero-order valence-electron chi connectivity index (χ0n) is 31.9. The predicted molar refractivity (Wildman–Crippen MR) is 197 cm³/mol. The SMILES string of the molecule is C=C(C)[C@@H]1CC[C@]2(NCC[NH2+]C[C@H]3OCC4CC43)CC[C@]3(C)[C@H](CC[C@@H]4[C@@]5(C)CC=C(C6=CC[C@@H](C(=O)O)CC6)C(C)(C)[C@@H]5CC[C@]43C)[C@@H]12. The molecule has 0 aromatic heterocycles. The van der Waals surface area contributed by atoms with Crippen LogP contribution in [0.5, 0.6) is 0 Å². The van der Waals surface area contributed by atoms with Crippen LogP contribution in [0.1, 0.15) is 125 Å². The maximum Gasteiger partial charge on any atom is 0.306 e. The number of carboxylic acid groups (broad SMARTS) is 1. The normalized spacial score (nSPS) is 49.4. The minimum absolute atomic E-state index is 0.122. The van der Waals surface area contributed by atoms with Gasteiger partial charge in [0.15, 0.2) is 0 Å². The number of ether oxygens (including phenoxy) is 1. The van der Waals surface area contributed by atoms with Crippen LogP contribution in [0.25, 0.3) is 0 Å². The average molecular weight is 674 g/mol. The van der Waals surface area contributed by atoms with Crippen LogP contribution in [0.3, 0.4) is 0 Å². The Balaban J connectivity index is 1.01. The summed E-state index contributed by atoms with van der Waals surface area (Å²) in [7, 11) is 0. The summed E-state index contributed by atoms with van der Waals surface area (Å²) in [6, 6.07) is 0. The number of fused-ring (bicyclic) bond motifs is 8. The zero-order chi connectivity index (χ0) is 34.6. The fraction of sp³-hybridized carbons (Fsp3) is 0.841. The summed E-state index contributed by atoms with van der Waals surface area (Å²) in [5.41, 5.74) is 5.86. The molecule has 8 aliphatic rings. The molecule has 0 bridgehead atoms.